The van der Waals surface area contributed by atoms with Gasteiger partial charge in [0.25, 0.3) is 0 Å². The van der Waals surface area contributed by atoms with E-state index in [-0.39, 0.29) is 6.10 Å². The summed E-state index contributed by atoms with van der Waals surface area (Å²) in [6, 6.07) is 0. The van der Waals surface area contributed by atoms with E-state index in [1.54, 1.807) is 0 Å². The van der Waals surface area contributed by atoms with Crippen LogP contribution >= 0.6 is 0 Å². The van der Waals surface area contributed by atoms with Gasteiger partial charge in [0.1, 0.15) is 0 Å². The van der Waals surface area contributed by atoms with Gasteiger partial charge in [-0.15, -0.1) is 0 Å². The van der Waals surface area contributed by atoms with Crippen molar-refractivity contribution >= 4 is 0 Å². The third-order valence-corrected chi connectivity index (χ3v) is 3.06. The Morgan fingerprint density at radius 1 is 1.50 bits per heavy atom. The number of hydrogen-bond acceptors (Lipinski definition) is 1. The van der Waals surface area contributed by atoms with Gasteiger partial charge in [0.15, 0.2) is 0 Å². The lowest BCUT2D eigenvalue weighted by Gasteiger charge is -2.17. The molecule has 1 aliphatic rings. The third-order valence-electron chi connectivity index (χ3n) is 3.06. The highest BCUT2D eigenvalue weighted by Crippen LogP contribution is 2.42. The molecule has 0 aliphatic heterocycles. The van der Waals surface area contributed by atoms with Crippen LogP contribution in [-0.2, 0) is 0 Å². The average Bonchev–Trinajstić information content (AvgIpc) is 2.26. The molecule has 0 aromatic carbocycles. The van der Waals surface area contributed by atoms with Gasteiger partial charge >= 0.3 is 0 Å². The number of aliphatic hydroxyl groups excluding tert-OH is 1. The van der Waals surface area contributed by atoms with Gasteiger partial charge in [-0.2, -0.15) is 0 Å². The van der Waals surface area contributed by atoms with Crippen molar-refractivity contribution in [2.24, 2.45) is 11.3 Å². The maximum absolute atomic E-state index is 9.14. The Kier molecular flexibility index (Phi) is 3.16. The van der Waals surface area contributed by atoms with E-state index < -0.39 is 0 Å². The van der Waals surface area contributed by atoms with E-state index in [0.717, 1.165) is 12.3 Å². The second kappa shape index (κ2) is 3.78. The van der Waals surface area contributed by atoms with Crippen LogP contribution in [-0.4, -0.2) is 11.2 Å². The number of hydrogen-bond donors (Lipinski definition) is 1. The summed E-state index contributed by atoms with van der Waals surface area (Å²) >= 11 is 0. The summed E-state index contributed by atoms with van der Waals surface area (Å²) in [4.78, 5) is 0. The van der Waals surface area contributed by atoms with Gasteiger partial charge < -0.3 is 5.11 Å². The molecule has 1 N–H and O–H groups in total. The first kappa shape index (κ1) is 10.0. The predicted octanol–water partition coefficient (Wildman–Crippen LogP) is 2.97. The predicted molar refractivity (Wildman–Crippen MR) is 52.0 cm³/mol. The summed E-state index contributed by atoms with van der Waals surface area (Å²) in [7, 11) is 0. The zero-order valence-electron chi connectivity index (χ0n) is 8.64. The monoisotopic (exact) mass is 170 g/mol. The minimum absolute atomic E-state index is 0.103. The molecule has 1 heteroatoms. The minimum atomic E-state index is -0.103. The molecular formula is C11H22O. The number of rotatable bonds is 3. The van der Waals surface area contributed by atoms with Crippen LogP contribution in [0, 0.1) is 11.3 Å². The highest BCUT2D eigenvalue weighted by molar-refractivity contribution is 4.82. The van der Waals surface area contributed by atoms with E-state index in [0.29, 0.717) is 5.41 Å². The summed E-state index contributed by atoms with van der Waals surface area (Å²) in [5.41, 5.74) is 0.573. The van der Waals surface area contributed by atoms with Crippen LogP contribution in [0.25, 0.3) is 0 Å². The summed E-state index contributed by atoms with van der Waals surface area (Å²) < 4.78 is 0. The Hall–Kier alpha value is -0.0400. The second-order valence-corrected chi connectivity index (χ2v) is 5.20. The van der Waals surface area contributed by atoms with Gasteiger partial charge in [-0.3, -0.25) is 0 Å². The zero-order chi connectivity index (χ0) is 9.19. The molecular weight excluding hydrogens is 148 g/mol. The highest BCUT2D eigenvalue weighted by atomic mass is 16.3. The topological polar surface area (TPSA) is 20.2 Å². The van der Waals surface area contributed by atoms with Gasteiger partial charge in [-0.25, -0.2) is 0 Å². The molecule has 0 aromatic heterocycles. The Balaban J connectivity index is 2.20. The maximum atomic E-state index is 9.14. The lowest BCUT2D eigenvalue weighted by Crippen LogP contribution is -2.07. The lowest BCUT2D eigenvalue weighted by atomic mass is 9.89. The molecule has 1 fully saturated rings. The van der Waals surface area contributed by atoms with Crippen LogP contribution < -0.4 is 0 Å². The third kappa shape index (κ3) is 3.14. The fourth-order valence-corrected chi connectivity index (χ4v) is 2.30. The summed E-state index contributed by atoms with van der Waals surface area (Å²) in [6.07, 6.45) is 6.22. The smallest absolute Gasteiger partial charge is 0.0512 e. The van der Waals surface area contributed by atoms with Crippen LogP contribution in [0.1, 0.15) is 52.9 Å². The molecule has 1 rings (SSSR count). The van der Waals surface area contributed by atoms with Gasteiger partial charge in [0.05, 0.1) is 6.10 Å². The fraction of sp³-hybridized carbons (Fsp3) is 1.00. The molecule has 0 saturated heterocycles. The van der Waals surface area contributed by atoms with Crippen molar-refractivity contribution in [3.8, 4) is 0 Å². The largest absolute Gasteiger partial charge is 0.393 e. The van der Waals surface area contributed by atoms with Gasteiger partial charge in [-0.05, 0) is 50.4 Å². The van der Waals surface area contributed by atoms with Crippen molar-refractivity contribution < 1.29 is 5.11 Å². The maximum Gasteiger partial charge on any atom is 0.0512 e. The molecule has 1 unspecified atom stereocenters. The average molecular weight is 170 g/mol. The molecule has 0 aromatic rings. The van der Waals surface area contributed by atoms with E-state index in [4.69, 9.17) is 5.11 Å². The van der Waals surface area contributed by atoms with Gasteiger partial charge in [-0.1, -0.05) is 13.8 Å². The van der Waals surface area contributed by atoms with E-state index in [1.807, 2.05) is 6.92 Å². The summed E-state index contributed by atoms with van der Waals surface area (Å²) in [6.45, 7) is 6.60. The Labute approximate surface area is 76.2 Å². The van der Waals surface area contributed by atoms with Crippen molar-refractivity contribution in [1.29, 1.82) is 0 Å². The van der Waals surface area contributed by atoms with Crippen LogP contribution in [0.2, 0.25) is 0 Å². The molecule has 0 heterocycles. The van der Waals surface area contributed by atoms with Crippen molar-refractivity contribution in [3.05, 3.63) is 0 Å². The molecule has 0 amide bonds. The standard InChI is InChI=1S/C11H22O/c1-9(12)4-5-10-6-7-11(2,3)8-10/h9-10,12H,4-8H2,1-3H3/t9-,10?/m0/s1. The normalized spacial score (nSPS) is 30.5. The Morgan fingerprint density at radius 3 is 2.58 bits per heavy atom. The van der Waals surface area contributed by atoms with E-state index in [9.17, 15) is 0 Å². The number of aliphatic hydroxyl groups is 1. The first-order valence-corrected chi connectivity index (χ1v) is 5.18. The lowest BCUT2D eigenvalue weighted by molar-refractivity contribution is 0.172. The first-order valence-electron chi connectivity index (χ1n) is 5.18. The van der Waals surface area contributed by atoms with Crippen LogP contribution in [0.4, 0.5) is 0 Å². The summed E-state index contributed by atoms with van der Waals surface area (Å²) in [5, 5.41) is 9.14. The molecule has 12 heavy (non-hydrogen) atoms. The van der Waals surface area contributed by atoms with Crippen LogP contribution in [0.15, 0.2) is 0 Å². The molecule has 0 radical (unpaired) electrons. The SMILES string of the molecule is C[C@H](O)CCC1CCC(C)(C)C1. The molecule has 1 nitrogen and oxygen atoms in total. The second-order valence-electron chi connectivity index (χ2n) is 5.20. The highest BCUT2D eigenvalue weighted by Gasteiger charge is 2.30. The molecule has 72 valence electrons. The fourth-order valence-electron chi connectivity index (χ4n) is 2.30. The molecule has 1 aliphatic carbocycles. The van der Waals surface area contributed by atoms with Crippen molar-refractivity contribution in [3.63, 3.8) is 0 Å². The zero-order valence-corrected chi connectivity index (χ0v) is 8.64. The van der Waals surface area contributed by atoms with Gasteiger partial charge in [0.2, 0.25) is 0 Å². The van der Waals surface area contributed by atoms with E-state index >= 15 is 0 Å². The van der Waals surface area contributed by atoms with Crippen molar-refractivity contribution in [1.82, 2.24) is 0 Å². The van der Waals surface area contributed by atoms with Crippen molar-refractivity contribution in [2.75, 3.05) is 0 Å². The Morgan fingerprint density at radius 2 is 2.17 bits per heavy atom. The first-order chi connectivity index (χ1) is 5.49. The van der Waals surface area contributed by atoms with Crippen LogP contribution in [0.5, 0.6) is 0 Å². The Bertz CT molecular complexity index is 138. The van der Waals surface area contributed by atoms with Crippen molar-refractivity contribution in [2.45, 2.75) is 59.0 Å². The molecule has 0 spiro atoms. The molecule has 1 saturated carbocycles. The van der Waals surface area contributed by atoms with Gasteiger partial charge in [0, 0.05) is 0 Å². The molecule has 2 atom stereocenters. The summed E-state index contributed by atoms with van der Waals surface area (Å²) in [5.74, 6) is 0.884. The van der Waals surface area contributed by atoms with Crippen LogP contribution in [0.3, 0.4) is 0 Å². The van der Waals surface area contributed by atoms with E-state index in [2.05, 4.69) is 13.8 Å². The quantitative estimate of drug-likeness (QED) is 0.690. The molecule has 0 bridgehead atoms. The minimum Gasteiger partial charge on any atom is -0.393 e. The van der Waals surface area contributed by atoms with E-state index in [1.165, 1.54) is 25.7 Å².